The first-order valence-electron chi connectivity index (χ1n) is 10.3. The number of halogens is 1. The molecule has 0 saturated carbocycles. The Balaban J connectivity index is 1.83. The van der Waals surface area contributed by atoms with Gasteiger partial charge in [0.05, 0.1) is 32.1 Å². The van der Waals surface area contributed by atoms with Gasteiger partial charge in [-0.25, -0.2) is 9.38 Å². The van der Waals surface area contributed by atoms with E-state index in [0.717, 1.165) is 38.2 Å². The largest absolute Gasteiger partial charge is 0.380 e. The topological polar surface area (TPSA) is 58.1 Å². The fraction of sp³-hybridized carbons (Fsp3) is 0.667. The van der Waals surface area contributed by atoms with E-state index in [-0.39, 0.29) is 5.82 Å². The molecule has 1 saturated heterocycles. The molecule has 28 heavy (non-hydrogen) atoms. The van der Waals surface area contributed by atoms with Crippen LogP contribution in [0.4, 0.5) is 10.1 Å². The summed E-state index contributed by atoms with van der Waals surface area (Å²) in [6.45, 7) is 12.4. The summed E-state index contributed by atoms with van der Waals surface area (Å²) in [5.41, 5.74) is 1.49. The number of ether oxygens (including phenoxy) is 2. The van der Waals surface area contributed by atoms with Crippen molar-refractivity contribution in [1.82, 2.24) is 10.6 Å². The Hall–Kier alpha value is -1.86. The van der Waals surface area contributed by atoms with Crippen molar-refractivity contribution in [1.29, 1.82) is 0 Å². The minimum absolute atomic E-state index is 0.203. The van der Waals surface area contributed by atoms with Gasteiger partial charge in [-0.3, -0.25) is 0 Å². The number of nitrogens with one attached hydrogen (secondary N) is 2. The van der Waals surface area contributed by atoms with Crippen molar-refractivity contribution in [2.45, 2.75) is 33.7 Å². The average molecular weight is 395 g/mol. The van der Waals surface area contributed by atoms with Crippen molar-refractivity contribution >= 4 is 11.6 Å². The molecule has 0 aliphatic carbocycles. The SMILES string of the molecule is CCNC(=NCc1ccc(N2CCOCC2)c(F)c1)NCCOCCC(C)C. The van der Waals surface area contributed by atoms with E-state index < -0.39 is 0 Å². The van der Waals surface area contributed by atoms with E-state index in [1.165, 1.54) is 0 Å². The molecule has 0 aromatic heterocycles. The van der Waals surface area contributed by atoms with Crippen LogP contribution in [0, 0.1) is 11.7 Å². The number of benzene rings is 1. The van der Waals surface area contributed by atoms with E-state index in [4.69, 9.17) is 9.47 Å². The van der Waals surface area contributed by atoms with Crippen molar-refractivity contribution in [2.24, 2.45) is 10.9 Å². The molecule has 0 atom stereocenters. The molecule has 6 nitrogen and oxygen atoms in total. The molecule has 0 radical (unpaired) electrons. The summed E-state index contributed by atoms with van der Waals surface area (Å²) in [6, 6.07) is 5.36. The molecular weight excluding hydrogens is 359 g/mol. The molecule has 1 aromatic carbocycles. The molecule has 1 aromatic rings. The lowest BCUT2D eigenvalue weighted by molar-refractivity contribution is 0.122. The molecule has 158 valence electrons. The molecule has 2 N–H and O–H groups in total. The fourth-order valence-corrected chi connectivity index (χ4v) is 2.88. The van der Waals surface area contributed by atoms with Crippen LogP contribution in [-0.2, 0) is 16.0 Å². The number of hydrogen-bond acceptors (Lipinski definition) is 4. The molecule has 0 unspecified atom stereocenters. The summed E-state index contributed by atoms with van der Waals surface area (Å²) < 4.78 is 25.5. The lowest BCUT2D eigenvalue weighted by Gasteiger charge is -2.29. The summed E-state index contributed by atoms with van der Waals surface area (Å²) in [5, 5.41) is 6.46. The normalized spacial score (nSPS) is 15.2. The lowest BCUT2D eigenvalue weighted by atomic mass is 10.1. The quantitative estimate of drug-likeness (QED) is 0.363. The molecule has 1 aliphatic rings. The van der Waals surface area contributed by atoms with Crippen molar-refractivity contribution in [2.75, 3.05) is 57.5 Å². The Morgan fingerprint density at radius 2 is 2.04 bits per heavy atom. The average Bonchev–Trinajstić information content (AvgIpc) is 2.69. The second-order valence-corrected chi connectivity index (χ2v) is 7.30. The molecule has 1 heterocycles. The highest BCUT2D eigenvalue weighted by molar-refractivity contribution is 5.79. The van der Waals surface area contributed by atoms with Gasteiger partial charge < -0.3 is 25.0 Å². The molecule has 2 rings (SSSR count). The van der Waals surface area contributed by atoms with Gasteiger partial charge in [-0.2, -0.15) is 0 Å². The van der Waals surface area contributed by atoms with Crippen molar-refractivity contribution in [3.63, 3.8) is 0 Å². The maximum atomic E-state index is 14.5. The highest BCUT2D eigenvalue weighted by Crippen LogP contribution is 2.21. The van der Waals surface area contributed by atoms with E-state index in [0.29, 0.717) is 50.5 Å². The van der Waals surface area contributed by atoms with Crippen LogP contribution < -0.4 is 15.5 Å². The van der Waals surface area contributed by atoms with Gasteiger partial charge >= 0.3 is 0 Å². The van der Waals surface area contributed by atoms with E-state index >= 15 is 0 Å². The third kappa shape index (κ3) is 8.02. The van der Waals surface area contributed by atoms with Gasteiger partial charge in [-0.15, -0.1) is 0 Å². The van der Waals surface area contributed by atoms with Crippen molar-refractivity contribution in [3.8, 4) is 0 Å². The zero-order valence-corrected chi connectivity index (χ0v) is 17.5. The maximum absolute atomic E-state index is 14.5. The van der Waals surface area contributed by atoms with Crippen LogP contribution in [0.15, 0.2) is 23.2 Å². The first-order valence-corrected chi connectivity index (χ1v) is 10.3. The van der Waals surface area contributed by atoms with Crippen LogP contribution in [0.25, 0.3) is 0 Å². The lowest BCUT2D eigenvalue weighted by Crippen LogP contribution is -2.39. The zero-order valence-electron chi connectivity index (χ0n) is 17.5. The number of aliphatic imine (C=N–C) groups is 1. The first-order chi connectivity index (χ1) is 13.6. The number of rotatable bonds is 10. The van der Waals surface area contributed by atoms with Crippen molar-refractivity contribution in [3.05, 3.63) is 29.6 Å². The van der Waals surface area contributed by atoms with Gasteiger partial charge in [-0.1, -0.05) is 19.9 Å². The monoisotopic (exact) mass is 394 g/mol. The summed E-state index contributed by atoms with van der Waals surface area (Å²) in [5.74, 6) is 1.17. The smallest absolute Gasteiger partial charge is 0.191 e. The van der Waals surface area contributed by atoms with Crippen molar-refractivity contribution < 1.29 is 13.9 Å². The fourth-order valence-electron chi connectivity index (χ4n) is 2.88. The van der Waals surface area contributed by atoms with E-state index in [1.807, 2.05) is 24.0 Å². The van der Waals surface area contributed by atoms with Gasteiger partial charge in [0.25, 0.3) is 0 Å². The Morgan fingerprint density at radius 1 is 1.25 bits per heavy atom. The number of morpholine rings is 1. The predicted molar refractivity (Wildman–Crippen MR) is 113 cm³/mol. The summed E-state index contributed by atoms with van der Waals surface area (Å²) in [7, 11) is 0. The van der Waals surface area contributed by atoms with Gasteiger partial charge in [0.2, 0.25) is 0 Å². The zero-order chi connectivity index (χ0) is 20.2. The molecule has 0 bridgehead atoms. The molecule has 1 fully saturated rings. The third-order valence-corrected chi connectivity index (χ3v) is 4.51. The van der Waals surface area contributed by atoms with Crippen LogP contribution in [0.1, 0.15) is 32.8 Å². The molecule has 1 aliphatic heterocycles. The second kappa shape index (κ2) is 12.6. The van der Waals surface area contributed by atoms with Gasteiger partial charge in [0, 0.05) is 32.8 Å². The Bertz CT molecular complexity index is 604. The maximum Gasteiger partial charge on any atom is 0.191 e. The van der Waals surface area contributed by atoms with E-state index in [2.05, 4.69) is 29.5 Å². The van der Waals surface area contributed by atoms with Crippen LogP contribution >= 0.6 is 0 Å². The standard InChI is InChI=1S/C21H35FN4O2/c1-4-23-21(24-8-12-27-11-7-17(2)3)25-16-18-5-6-20(19(22)15-18)26-9-13-28-14-10-26/h5-6,15,17H,4,7-14,16H2,1-3H3,(H2,23,24,25). The Kier molecular flexibility index (Phi) is 10.1. The third-order valence-electron chi connectivity index (χ3n) is 4.51. The van der Waals surface area contributed by atoms with E-state index in [1.54, 1.807) is 6.07 Å². The minimum atomic E-state index is -0.203. The molecular formula is C21H35FN4O2. The highest BCUT2D eigenvalue weighted by atomic mass is 19.1. The van der Waals surface area contributed by atoms with Crippen LogP contribution in [-0.4, -0.2) is 58.6 Å². The van der Waals surface area contributed by atoms with Crippen LogP contribution in [0.2, 0.25) is 0 Å². The van der Waals surface area contributed by atoms with Crippen LogP contribution in [0.3, 0.4) is 0 Å². The van der Waals surface area contributed by atoms with Gasteiger partial charge in [-0.05, 0) is 37.0 Å². The number of guanidine groups is 1. The van der Waals surface area contributed by atoms with Gasteiger partial charge in [0.15, 0.2) is 5.96 Å². The number of hydrogen-bond donors (Lipinski definition) is 2. The van der Waals surface area contributed by atoms with E-state index in [9.17, 15) is 4.39 Å². The summed E-state index contributed by atoms with van der Waals surface area (Å²) in [4.78, 5) is 6.58. The first kappa shape index (κ1) is 22.4. The minimum Gasteiger partial charge on any atom is -0.380 e. The van der Waals surface area contributed by atoms with Crippen LogP contribution in [0.5, 0.6) is 0 Å². The Morgan fingerprint density at radius 3 is 2.71 bits per heavy atom. The molecule has 0 amide bonds. The number of anilines is 1. The molecule has 7 heteroatoms. The number of nitrogens with zero attached hydrogens (tertiary/aromatic N) is 2. The highest BCUT2D eigenvalue weighted by Gasteiger charge is 2.15. The summed E-state index contributed by atoms with van der Waals surface area (Å²) >= 11 is 0. The van der Waals surface area contributed by atoms with Gasteiger partial charge in [0.1, 0.15) is 5.82 Å². The summed E-state index contributed by atoms with van der Waals surface area (Å²) in [6.07, 6.45) is 1.07. The second-order valence-electron chi connectivity index (χ2n) is 7.30. The Labute approximate surface area is 168 Å². The molecule has 0 spiro atoms. The predicted octanol–water partition coefficient (Wildman–Crippen LogP) is 2.78.